The lowest BCUT2D eigenvalue weighted by molar-refractivity contribution is 0.0990. The predicted molar refractivity (Wildman–Crippen MR) is 74.6 cm³/mol. The van der Waals surface area contributed by atoms with E-state index in [-0.39, 0.29) is 5.78 Å². The van der Waals surface area contributed by atoms with Gasteiger partial charge in [0.25, 0.3) is 0 Å². The molecule has 2 heteroatoms. The second-order valence-electron chi connectivity index (χ2n) is 3.81. The number of carbonyl (C=O) groups is 1. The first-order valence-corrected chi connectivity index (χ1v) is 6.68. The molecule has 0 spiro atoms. The molecule has 17 heavy (non-hydrogen) atoms. The highest BCUT2D eigenvalue weighted by atomic mass is 79.9. The maximum absolute atomic E-state index is 11.7. The molecule has 0 aromatic heterocycles. The van der Waals surface area contributed by atoms with Gasteiger partial charge in [-0.05, 0) is 11.1 Å². The Morgan fingerprint density at radius 2 is 1.47 bits per heavy atom. The standard InChI is InChI=1S/C15H13BrO/c16-11-10-15(17)14-8-6-13(7-9-14)12-4-2-1-3-5-12/h1-9H,10-11H2. The van der Waals surface area contributed by atoms with Crippen LogP contribution in [0.5, 0.6) is 0 Å². The molecule has 0 aliphatic heterocycles. The molecule has 0 heterocycles. The highest BCUT2D eigenvalue weighted by Crippen LogP contribution is 2.19. The van der Waals surface area contributed by atoms with Crippen molar-refractivity contribution in [3.8, 4) is 11.1 Å². The van der Waals surface area contributed by atoms with Gasteiger partial charge in [0, 0.05) is 17.3 Å². The third-order valence-electron chi connectivity index (χ3n) is 2.64. The summed E-state index contributed by atoms with van der Waals surface area (Å²) >= 11 is 3.28. The molecule has 86 valence electrons. The molecular formula is C15H13BrO. The second kappa shape index (κ2) is 5.78. The molecule has 2 rings (SSSR count). The third kappa shape index (κ3) is 3.04. The molecule has 0 saturated carbocycles. The molecule has 0 radical (unpaired) electrons. The van der Waals surface area contributed by atoms with Crippen LogP contribution in [0, 0.1) is 0 Å². The summed E-state index contributed by atoms with van der Waals surface area (Å²) in [6.07, 6.45) is 0.546. The number of hydrogen-bond acceptors (Lipinski definition) is 1. The number of benzene rings is 2. The van der Waals surface area contributed by atoms with Crippen molar-refractivity contribution in [2.75, 3.05) is 5.33 Å². The lowest BCUT2D eigenvalue weighted by Gasteiger charge is -2.03. The van der Waals surface area contributed by atoms with E-state index in [1.54, 1.807) is 0 Å². The molecular weight excluding hydrogens is 276 g/mol. The number of ketones is 1. The Balaban J connectivity index is 2.22. The molecule has 0 N–H and O–H groups in total. The topological polar surface area (TPSA) is 17.1 Å². The van der Waals surface area contributed by atoms with Gasteiger partial charge in [-0.25, -0.2) is 0 Å². The van der Waals surface area contributed by atoms with Crippen LogP contribution in [-0.2, 0) is 0 Å². The van der Waals surface area contributed by atoms with E-state index in [0.29, 0.717) is 11.8 Å². The van der Waals surface area contributed by atoms with Gasteiger partial charge in [0.05, 0.1) is 0 Å². The average Bonchev–Trinajstić information content (AvgIpc) is 2.40. The summed E-state index contributed by atoms with van der Waals surface area (Å²) in [5.74, 6) is 0.182. The highest BCUT2D eigenvalue weighted by molar-refractivity contribution is 9.09. The molecule has 2 aromatic rings. The van der Waals surface area contributed by atoms with Crippen molar-refractivity contribution in [3.63, 3.8) is 0 Å². The molecule has 1 nitrogen and oxygen atoms in total. The SMILES string of the molecule is O=C(CCBr)c1ccc(-c2ccccc2)cc1. The van der Waals surface area contributed by atoms with Crippen LogP contribution >= 0.6 is 15.9 Å². The predicted octanol–water partition coefficient (Wildman–Crippen LogP) is 4.32. The van der Waals surface area contributed by atoms with E-state index < -0.39 is 0 Å². The zero-order valence-electron chi connectivity index (χ0n) is 9.40. The Bertz CT molecular complexity index is 488. The van der Waals surface area contributed by atoms with Crippen LogP contribution in [-0.4, -0.2) is 11.1 Å². The minimum absolute atomic E-state index is 0.182. The van der Waals surface area contributed by atoms with Gasteiger partial charge in [-0.2, -0.15) is 0 Å². The molecule has 0 bridgehead atoms. The van der Waals surface area contributed by atoms with Crippen molar-refractivity contribution in [2.45, 2.75) is 6.42 Å². The lowest BCUT2D eigenvalue weighted by atomic mass is 10.0. The minimum Gasteiger partial charge on any atom is -0.294 e. The van der Waals surface area contributed by atoms with Gasteiger partial charge in [0.15, 0.2) is 5.78 Å². The minimum atomic E-state index is 0.182. The zero-order chi connectivity index (χ0) is 12.1. The Labute approximate surface area is 110 Å². The van der Waals surface area contributed by atoms with Gasteiger partial charge in [-0.3, -0.25) is 4.79 Å². The summed E-state index contributed by atoms with van der Waals surface area (Å²) in [4.78, 5) is 11.7. The van der Waals surface area contributed by atoms with Crippen molar-refractivity contribution < 1.29 is 4.79 Å². The summed E-state index contributed by atoms with van der Waals surface area (Å²) in [7, 11) is 0. The smallest absolute Gasteiger partial charge is 0.163 e. The van der Waals surface area contributed by atoms with E-state index in [4.69, 9.17) is 0 Å². The van der Waals surface area contributed by atoms with Crippen molar-refractivity contribution in [3.05, 3.63) is 60.2 Å². The maximum Gasteiger partial charge on any atom is 0.163 e. The summed E-state index contributed by atoms with van der Waals surface area (Å²) < 4.78 is 0. The fourth-order valence-corrected chi connectivity index (χ4v) is 2.07. The Morgan fingerprint density at radius 1 is 0.882 bits per heavy atom. The summed E-state index contributed by atoms with van der Waals surface area (Å²) in [6.45, 7) is 0. The number of rotatable bonds is 4. The van der Waals surface area contributed by atoms with Gasteiger partial charge in [-0.1, -0.05) is 70.5 Å². The number of Topliss-reactive ketones (excluding diaryl/α,β-unsaturated/α-hetero) is 1. The van der Waals surface area contributed by atoms with E-state index in [1.807, 2.05) is 42.5 Å². The summed E-state index contributed by atoms with van der Waals surface area (Å²) in [6, 6.07) is 17.9. The van der Waals surface area contributed by atoms with Crippen molar-refractivity contribution >= 4 is 21.7 Å². The van der Waals surface area contributed by atoms with Crippen molar-refractivity contribution in [1.82, 2.24) is 0 Å². The zero-order valence-corrected chi connectivity index (χ0v) is 11.0. The average molecular weight is 289 g/mol. The molecule has 0 saturated heterocycles. The summed E-state index contributed by atoms with van der Waals surface area (Å²) in [5.41, 5.74) is 3.09. The first kappa shape index (κ1) is 12.1. The van der Waals surface area contributed by atoms with Gasteiger partial charge in [0.1, 0.15) is 0 Å². The Kier molecular flexibility index (Phi) is 4.10. The van der Waals surface area contributed by atoms with E-state index in [1.165, 1.54) is 5.56 Å². The summed E-state index contributed by atoms with van der Waals surface area (Å²) in [5, 5.41) is 0.715. The van der Waals surface area contributed by atoms with E-state index in [0.717, 1.165) is 11.1 Å². The first-order chi connectivity index (χ1) is 8.31. The Morgan fingerprint density at radius 3 is 2.06 bits per heavy atom. The number of hydrogen-bond donors (Lipinski definition) is 0. The largest absolute Gasteiger partial charge is 0.294 e. The normalized spacial score (nSPS) is 10.2. The van der Waals surface area contributed by atoms with Gasteiger partial charge < -0.3 is 0 Å². The van der Waals surface area contributed by atoms with Crippen molar-refractivity contribution in [1.29, 1.82) is 0 Å². The lowest BCUT2D eigenvalue weighted by Crippen LogP contribution is -1.98. The van der Waals surface area contributed by atoms with Crippen LogP contribution in [0.15, 0.2) is 54.6 Å². The number of carbonyl (C=O) groups excluding carboxylic acids is 1. The number of alkyl halides is 1. The maximum atomic E-state index is 11.7. The monoisotopic (exact) mass is 288 g/mol. The molecule has 0 aliphatic rings. The fourth-order valence-electron chi connectivity index (χ4n) is 1.71. The molecule has 0 atom stereocenters. The molecule has 2 aromatic carbocycles. The van der Waals surface area contributed by atoms with Crippen LogP contribution in [0.4, 0.5) is 0 Å². The van der Waals surface area contributed by atoms with Crippen LogP contribution in [0.25, 0.3) is 11.1 Å². The van der Waals surface area contributed by atoms with Crippen molar-refractivity contribution in [2.24, 2.45) is 0 Å². The molecule has 0 unspecified atom stereocenters. The van der Waals surface area contributed by atoms with Crippen LogP contribution in [0.1, 0.15) is 16.8 Å². The van der Waals surface area contributed by atoms with Crippen LogP contribution in [0.2, 0.25) is 0 Å². The van der Waals surface area contributed by atoms with Crippen LogP contribution in [0.3, 0.4) is 0 Å². The first-order valence-electron chi connectivity index (χ1n) is 5.56. The van der Waals surface area contributed by atoms with Crippen LogP contribution < -0.4 is 0 Å². The van der Waals surface area contributed by atoms with E-state index in [2.05, 4.69) is 28.1 Å². The van der Waals surface area contributed by atoms with Gasteiger partial charge in [0.2, 0.25) is 0 Å². The van der Waals surface area contributed by atoms with E-state index in [9.17, 15) is 4.79 Å². The number of halogens is 1. The van der Waals surface area contributed by atoms with Gasteiger partial charge >= 0.3 is 0 Å². The van der Waals surface area contributed by atoms with E-state index >= 15 is 0 Å². The molecule has 0 aliphatic carbocycles. The molecule has 0 amide bonds. The fraction of sp³-hybridized carbons (Fsp3) is 0.133. The third-order valence-corrected chi connectivity index (χ3v) is 3.03. The highest BCUT2D eigenvalue weighted by Gasteiger charge is 2.04. The Hall–Kier alpha value is -1.41. The second-order valence-corrected chi connectivity index (χ2v) is 4.60. The molecule has 0 fully saturated rings. The van der Waals surface area contributed by atoms with Gasteiger partial charge in [-0.15, -0.1) is 0 Å². The quantitative estimate of drug-likeness (QED) is 0.605.